The van der Waals surface area contributed by atoms with E-state index >= 15 is 0 Å². The van der Waals surface area contributed by atoms with Crippen LogP contribution in [-0.4, -0.2) is 59.1 Å². The summed E-state index contributed by atoms with van der Waals surface area (Å²) < 4.78 is 39.9. The minimum atomic E-state index is -1.68. The summed E-state index contributed by atoms with van der Waals surface area (Å²) in [7, 11) is 0. The van der Waals surface area contributed by atoms with Gasteiger partial charge in [-0.3, -0.25) is 9.69 Å². The van der Waals surface area contributed by atoms with Gasteiger partial charge in [-0.05, 0) is 38.5 Å². The summed E-state index contributed by atoms with van der Waals surface area (Å²) in [6.45, 7) is 7.47. The van der Waals surface area contributed by atoms with Crippen molar-refractivity contribution in [1.82, 2.24) is 10.0 Å². The highest BCUT2D eigenvalue weighted by Crippen LogP contribution is 2.28. The molecule has 2 amide bonds. The summed E-state index contributed by atoms with van der Waals surface area (Å²) in [5.74, 6) is -1.11. The SMILES string of the molecule is C=CCO[C@H]1[C@@H](C(=O)N(F)Cc2cccc(Cl)c2)N(C(=O)OC(C)(C)C)C[C@@H]1F. The quantitative estimate of drug-likeness (QED) is 0.504. The Morgan fingerprint density at radius 3 is 2.69 bits per heavy atom. The Balaban J connectivity index is 2.25. The van der Waals surface area contributed by atoms with Crippen LogP contribution in [0.5, 0.6) is 0 Å². The van der Waals surface area contributed by atoms with Crippen molar-refractivity contribution in [2.24, 2.45) is 0 Å². The van der Waals surface area contributed by atoms with Crippen molar-refractivity contribution in [2.75, 3.05) is 13.2 Å². The molecule has 0 unspecified atom stereocenters. The molecule has 1 aliphatic rings. The van der Waals surface area contributed by atoms with Crippen molar-refractivity contribution in [1.29, 1.82) is 0 Å². The van der Waals surface area contributed by atoms with Crippen LogP contribution in [0.15, 0.2) is 36.9 Å². The minimum absolute atomic E-state index is 0.0579. The van der Waals surface area contributed by atoms with Gasteiger partial charge < -0.3 is 9.47 Å². The maximum atomic E-state index is 14.7. The monoisotopic (exact) mass is 430 g/mol. The number of amides is 2. The highest BCUT2D eigenvalue weighted by Gasteiger charge is 2.51. The summed E-state index contributed by atoms with van der Waals surface area (Å²) in [5.41, 5.74) is -0.428. The van der Waals surface area contributed by atoms with Gasteiger partial charge in [0.25, 0.3) is 5.91 Å². The van der Waals surface area contributed by atoms with Gasteiger partial charge in [0.2, 0.25) is 0 Å². The van der Waals surface area contributed by atoms with Gasteiger partial charge in [0.1, 0.15) is 23.9 Å². The molecule has 160 valence electrons. The van der Waals surface area contributed by atoms with Gasteiger partial charge >= 0.3 is 6.09 Å². The molecule has 0 bridgehead atoms. The summed E-state index contributed by atoms with van der Waals surface area (Å²) in [5, 5.41) is 0.311. The van der Waals surface area contributed by atoms with E-state index in [0.717, 1.165) is 4.90 Å². The van der Waals surface area contributed by atoms with E-state index in [-0.39, 0.29) is 11.7 Å². The first kappa shape index (κ1) is 23.1. The highest BCUT2D eigenvalue weighted by atomic mass is 35.5. The van der Waals surface area contributed by atoms with Crippen LogP contribution in [0.4, 0.5) is 13.7 Å². The molecule has 1 aromatic rings. The van der Waals surface area contributed by atoms with Crippen LogP contribution in [0.3, 0.4) is 0 Å². The lowest BCUT2D eigenvalue weighted by Crippen LogP contribution is -2.51. The zero-order valence-electron chi connectivity index (χ0n) is 16.6. The first-order valence-electron chi connectivity index (χ1n) is 9.11. The third-order valence-corrected chi connectivity index (χ3v) is 4.35. The first-order chi connectivity index (χ1) is 13.5. The largest absolute Gasteiger partial charge is 0.444 e. The summed E-state index contributed by atoms with van der Waals surface area (Å²) >= 11 is 5.89. The van der Waals surface area contributed by atoms with Crippen molar-refractivity contribution in [3.63, 3.8) is 0 Å². The number of hydrogen-bond donors (Lipinski definition) is 0. The predicted molar refractivity (Wildman–Crippen MR) is 105 cm³/mol. The lowest BCUT2D eigenvalue weighted by molar-refractivity contribution is -0.157. The topological polar surface area (TPSA) is 59.1 Å². The van der Waals surface area contributed by atoms with E-state index in [0.29, 0.717) is 10.6 Å². The predicted octanol–water partition coefficient (Wildman–Crippen LogP) is 4.08. The molecule has 1 aliphatic heterocycles. The van der Waals surface area contributed by atoms with Crippen molar-refractivity contribution >= 4 is 23.6 Å². The molecule has 1 aromatic carbocycles. The number of ether oxygens (including phenoxy) is 2. The van der Waals surface area contributed by atoms with Crippen LogP contribution < -0.4 is 0 Å². The van der Waals surface area contributed by atoms with E-state index in [2.05, 4.69) is 6.58 Å². The molecule has 9 heteroatoms. The highest BCUT2D eigenvalue weighted by molar-refractivity contribution is 6.30. The Labute approximate surface area is 173 Å². The second-order valence-corrected chi connectivity index (χ2v) is 8.11. The maximum absolute atomic E-state index is 14.7. The van der Waals surface area contributed by atoms with E-state index in [1.54, 1.807) is 39.0 Å². The van der Waals surface area contributed by atoms with Gasteiger partial charge in [-0.25, -0.2) is 9.18 Å². The molecule has 3 atom stereocenters. The molecule has 0 N–H and O–H groups in total. The Morgan fingerprint density at radius 1 is 1.41 bits per heavy atom. The normalized spacial score (nSPS) is 21.7. The molecule has 1 saturated heterocycles. The van der Waals surface area contributed by atoms with Gasteiger partial charge in [-0.2, -0.15) is 5.12 Å². The third kappa shape index (κ3) is 6.14. The smallest absolute Gasteiger partial charge is 0.411 e. The Morgan fingerprint density at radius 2 is 2.10 bits per heavy atom. The van der Waals surface area contributed by atoms with Gasteiger partial charge in [0, 0.05) is 5.02 Å². The van der Waals surface area contributed by atoms with E-state index < -0.39 is 49.0 Å². The second kappa shape index (κ2) is 9.54. The first-order valence-corrected chi connectivity index (χ1v) is 9.49. The Kier molecular flexibility index (Phi) is 7.60. The van der Waals surface area contributed by atoms with E-state index in [4.69, 9.17) is 21.1 Å². The number of carbonyl (C=O) groups excluding carboxylic acids is 2. The zero-order valence-corrected chi connectivity index (χ0v) is 17.4. The molecule has 6 nitrogen and oxygen atoms in total. The number of hydrogen-bond acceptors (Lipinski definition) is 4. The van der Waals surface area contributed by atoms with Gasteiger partial charge in [-0.1, -0.05) is 34.3 Å². The van der Waals surface area contributed by atoms with Crippen molar-refractivity contribution in [3.8, 4) is 0 Å². The fraction of sp³-hybridized carbons (Fsp3) is 0.500. The standard InChI is InChI=1S/C20H25ClF2N2O4/c1-5-9-28-17-15(22)12-24(19(27)29-20(2,3)4)16(17)18(26)25(23)11-13-7-6-8-14(21)10-13/h5-8,10,15-17H,1,9,11-12H2,2-4H3/t15-,16-,17+/m0/s1. The minimum Gasteiger partial charge on any atom is -0.444 e. The maximum Gasteiger partial charge on any atom is 0.411 e. The van der Waals surface area contributed by atoms with Crippen LogP contribution in [0.2, 0.25) is 5.02 Å². The van der Waals surface area contributed by atoms with Gasteiger partial charge in [0.15, 0.2) is 0 Å². The molecule has 0 spiro atoms. The van der Waals surface area contributed by atoms with Crippen LogP contribution >= 0.6 is 11.6 Å². The van der Waals surface area contributed by atoms with Crippen LogP contribution in [0.1, 0.15) is 26.3 Å². The molecule has 1 fully saturated rings. The number of benzene rings is 1. The number of halogens is 3. The van der Waals surface area contributed by atoms with Crippen molar-refractivity contribution in [3.05, 3.63) is 47.5 Å². The molecule has 0 aromatic heterocycles. The zero-order chi connectivity index (χ0) is 21.8. The number of alkyl halides is 1. The van der Waals surface area contributed by atoms with Crippen molar-refractivity contribution < 1.29 is 27.9 Å². The molecular weight excluding hydrogens is 406 g/mol. The number of rotatable bonds is 6. The number of nitrogens with zero attached hydrogens (tertiary/aromatic N) is 2. The van der Waals surface area contributed by atoms with Gasteiger partial charge in [-0.15, -0.1) is 6.58 Å². The van der Waals surface area contributed by atoms with Crippen LogP contribution in [-0.2, 0) is 20.8 Å². The molecular formula is C20H25ClF2N2O4. The van der Waals surface area contributed by atoms with Crippen LogP contribution in [0.25, 0.3) is 0 Å². The molecule has 1 heterocycles. The fourth-order valence-corrected chi connectivity index (χ4v) is 3.17. The molecule has 0 aliphatic carbocycles. The van der Waals surface area contributed by atoms with Crippen LogP contribution in [0, 0.1) is 0 Å². The fourth-order valence-electron chi connectivity index (χ4n) is 2.95. The Hall–Kier alpha value is -2.19. The van der Waals surface area contributed by atoms with Crippen molar-refractivity contribution in [2.45, 2.75) is 51.2 Å². The number of carbonyl (C=O) groups is 2. The lowest BCUT2D eigenvalue weighted by Gasteiger charge is -2.30. The van der Waals surface area contributed by atoms with E-state index in [1.807, 2.05) is 0 Å². The average Bonchev–Trinajstić information content (AvgIpc) is 2.94. The average molecular weight is 431 g/mol. The third-order valence-electron chi connectivity index (χ3n) is 4.11. The Bertz CT molecular complexity index is 756. The molecule has 29 heavy (non-hydrogen) atoms. The van der Waals surface area contributed by atoms with E-state index in [9.17, 15) is 18.5 Å². The summed E-state index contributed by atoms with van der Waals surface area (Å²) in [6.07, 6.45) is -2.56. The summed E-state index contributed by atoms with van der Waals surface area (Å²) in [6, 6.07) is 4.82. The molecule has 0 saturated carbocycles. The van der Waals surface area contributed by atoms with Gasteiger partial charge in [0.05, 0.1) is 19.7 Å². The molecule has 2 rings (SSSR count). The lowest BCUT2D eigenvalue weighted by atomic mass is 10.1. The second-order valence-electron chi connectivity index (χ2n) is 7.67. The van der Waals surface area contributed by atoms with E-state index in [1.165, 1.54) is 12.1 Å². The number of likely N-dealkylation sites (tertiary alicyclic amines) is 1. The summed E-state index contributed by atoms with van der Waals surface area (Å²) in [4.78, 5) is 26.2. The molecule has 0 radical (unpaired) electrons.